The smallest absolute Gasteiger partial charge is 0.132 e. The van der Waals surface area contributed by atoms with Crippen molar-refractivity contribution in [1.29, 1.82) is 0 Å². The summed E-state index contributed by atoms with van der Waals surface area (Å²) in [6.07, 6.45) is 5.24. The van der Waals surface area contributed by atoms with Gasteiger partial charge < -0.3 is 0 Å². The van der Waals surface area contributed by atoms with Crippen molar-refractivity contribution in [3.05, 3.63) is 0 Å². The van der Waals surface area contributed by atoms with Gasteiger partial charge in [-0.05, 0) is 18.8 Å². The van der Waals surface area contributed by atoms with Gasteiger partial charge in [-0.1, -0.05) is 27.2 Å². The van der Waals surface area contributed by atoms with E-state index >= 15 is 0 Å². The zero-order valence-electron chi connectivity index (χ0n) is 8.02. The fourth-order valence-corrected chi connectivity index (χ4v) is 0.946. The first-order chi connectivity index (χ1) is 5.13. The van der Waals surface area contributed by atoms with Crippen LogP contribution in [0.15, 0.2) is 0 Å². The lowest BCUT2D eigenvalue weighted by Crippen LogP contribution is -2.02. The van der Waals surface area contributed by atoms with E-state index in [0.717, 1.165) is 31.6 Å². The van der Waals surface area contributed by atoms with Crippen LogP contribution in [0.1, 0.15) is 52.9 Å². The molecule has 0 spiro atoms. The topological polar surface area (TPSA) is 17.1 Å². The maximum absolute atomic E-state index is 10.5. The molecule has 1 aliphatic rings. The van der Waals surface area contributed by atoms with Crippen molar-refractivity contribution in [2.45, 2.75) is 52.9 Å². The summed E-state index contributed by atoms with van der Waals surface area (Å²) >= 11 is 0. The lowest BCUT2D eigenvalue weighted by molar-refractivity contribution is -0.120. The molecule has 1 saturated carbocycles. The monoisotopic (exact) mass is 156 g/mol. The van der Waals surface area contributed by atoms with Crippen LogP contribution in [0, 0.1) is 5.92 Å². The van der Waals surface area contributed by atoms with E-state index in [-0.39, 0.29) is 0 Å². The van der Waals surface area contributed by atoms with Crippen LogP contribution in [0.25, 0.3) is 0 Å². The summed E-state index contributed by atoms with van der Waals surface area (Å²) in [7, 11) is 0. The molecule has 0 radical (unpaired) electrons. The standard InChI is InChI=1S/C6H10O.C4H10/c7-6-4-2-1-3-5-6;1-4(2)3/h1-5H2;4H,1-3H3. The summed E-state index contributed by atoms with van der Waals surface area (Å²) in [6, 6.07) is 0. The highest BCUT2D eigenvalue weighted by molar-refractivity contribution is 5.78. The van der Waals surface area contributed by atoms with Crippen LogP contribution in [0.4, 0.5) is 0 Å². The Kier molecular flexibility index (Phi) is 6.19. The Bertz CT molecular complexity index is 94.7. The number of carbonyl (C=O) groups is 1. The summed E-state index contributed by atoms with van der Waals surface area (Å²) < 4.78 is 0. The first kappa shape index (κ1) is 10.7. The predicted octanol–water partition coefficient (Wildman–Crippen LogP) is 3.18. The molecule has 0 unspecified atom stereocenters. The van der Waals surface area contributed by atoms with Crippen LogP contribution in [-0.4, -0.2) is 5.78 Å². The average Bonchev–Trinajstić information content (AvgIpc) is 1.87. The third-order valence-electron chi connectivity index (χ3n) is 1.41. The number of rotatable bonds is 0. The molecule has 1 heteroatoms. The molecule has 0 bridgehead atoms. The second-order valence-electron chi connectivity index (χ2n) is 3.83. The average molecular weight is 156 g/mol. The first-order valence-electron chi connectivity index (χ1n) is 4.64. The van der Waals surface area contributed by atoms with E-state index in [4.69, 9.17) is 0 Å². The highest BCUT2D eigenvalue weighted by Gasteiger charge is 2.05. The lowest BCUT2D eigenvalue weighted by Gasteiger charge is -2.05. The maximum Gasteiger partial charge on any atom is 0.132 e. The molecule has 0 aromatic heterocycles. The van der Waals surface area contributed by atoms with E-state index in [1.54, 1.807) is 0 Å². The molecule has 1 nitrogen and oxygen atoms in total. The molecule has 0 atom stereocenters. The summed E-state index contributed by atoms with van der Waals surface area (Å²) in [6.45, 7) is 6.50. The Labute approximate surface area is 70.2 Å². The number of hydrogen-bond acceptors (Lipinski definition) is 1. The minimum atomic E-state index is 0.464. The van der Waals surface area contributed by atoms with Crippen LogP contribution in [0.2, 0.25) is 0 Å². The number of Topliss-reactive ketones (excluding diaryl/α,β-unsaturated/α-hetero) is 1. The summed E-state index contributed by atoms with van der Waals surface area (Å²) in [5.41, 5.74) is 0. The van der Waals surface area contributed by atoms with E-state index in [1.165, 1.54) is 6.42 Å². The van der Waals surface area contributed by atoms with Gasteiger partial charge in [0.05, 0.1) is 0 Å². The molecule has 1 rings (SSSR count). The molecule has 0 aliphatic heterocycles. The quantitative estimate of drug-likeness (QED) is 0.526. The second kappa shape index (κ2) is 6.38. The second-order valence-corrected chi connectivity index (χ2v) is 3.83. The molecule has 1 aliphatic carbocycles. The fraction of sp³-hybridized carbons (Fsp3) is 0.900. The SMILES string of the molecule is CC(C)C.O=C1CCCCC1. The molecule has 0 saturated heterocycles. The Morgan fingerprint density at radius 1 is 1.00 bits per heavy atom. The Hall–Kier alpha value is -0.330. The van der Waals surface area contributed by atoms with E-state index in [0.29, 0.717) is 5.78 Å². The van der Waals surface area contributed by atoms with Gasteiger partial charge in [0.2, 0.25) is 0 Å². The molecule has 11 heavy (non-hydrogen) atoms. The molecule has 66 valence electrons. The molecule has 0 amide bonds. The van der Waals surface area contributed by atoms with Gasteiger partial charge in [0.25, 0.3) is 0 Å². The normalized spacial score (nSPS) is 17.6. The van der Waals surface area contributed by atoms with Crippen molar-refractivity contribution in [2.75, 3.05) is 0 Å². The van der Waals surface area contributed by atoms with E-state index < -0.39 is 0 Å². The highest BCUT2D eigenvalue weighted by atomic mass is 16.1. The van der Waals surface area contributed by atoms with Gasteiger partial charge in [-0.25, -0.2) is 0 Å². The fourth-order valence-electron chi connectivity index (χ4n) is 0.946. The third-order valence-corrected chi connectivity index (χ3v) is 1.41. The van der Waals surface area contributed by atoms with Crippen molar-refractivity contribution < 1.29 is 4.79 Å². The van der Waals surface area contributed by atoms with Crippen molar-refractivity contribution in [3.8, 4) is 0 Å². The van der Waals surface area contributed by atoms with Gasteiger partial charge in [-0.15, -0.1) is 0 Å². The number of ketones is 1. The maximum atomic E-state index is 10.5. The number of hydrogen-bond donors (Lipinski definition) is 0. The van der Waals surface area contributed by atoms with Crippen LogP contribution >= 0.6 is 0 Å². The van der Waals surface area contributed by atoms with Gasteiger partial charge in [0, 0.05) is 12.8 Å². The van der Waals surface area contributed by atoms with E-state index in [9.17, 15) is 4.79 Å². The van der Waals surface area contributed by atoms with Crippen LogP contribution < -0.4 is 0 Å². The van der Waals surface area contributed by atoms with Gasteiger partial charge in [-0.3, -0.25) is 4.79 Å². The molecule has 0 aromatic rings. The van der Waals surface area contributed by atoms with Crippen molar-refractivity contribution in [1.82, 2.24) is 0 Å². The summed E-state index contributed by atoms with van der Waals surface area (Å²) in [5.74, 6) is 1.30. The Morgan fingerprint density at radius 3 is 1.55 bits per heavy atom. The van der Waals surface area contributed by atoms with Crippen LogP contribution in [0.3, 0.4) is 0 Å². The largest absolute Gasteiger partial charge is 0.300 e. The molecule has 0 aromatic carbocycles. The molecular weight excluding hydrogens is 136 g/mol. The zero-order valence-corrected chi connectivity index (χ0v) is 8.02. The molecule has 0 N–H and O–H groups in total. The van der Waals surface area contributed by atoms with Crippen molar-refractivity contribution >= 4 is 5.78 Å². The van der Waals surface area contributed by atoms with E-state index in [2.05, 4.69) is 20.8 Å². The van der Waals surface area contributed by atoms with Gasteiger partial charge >= 0.3 is 0 Å². The minimum absolute atomic E-state index is 0.464. The Morgan fingerprint density at radius 2 is 1.36 bits per heavy atom. The predicted molar refractivity (Wildman–Crippen MR) is 48.6 cm³/mol. The number of carbonyl (C=O) groups excluding carboxylic acids is 1. The Balaban J connectivity index is 0.000000218. The van der Waals surface area contributed by atoms with Crippen molar-refractivity contribution in [2.24, 2.45) is 5.92 Å². The van der Waals surface area contributed by atoms with E-state index in [1.807, 2.05) is 0 Å². The van der Waals surface area contributed by atoms with Crippen LogP contribution in [0.5, 0.6) is 0 Å². The van der Waals surface area contributed by atoms with Gasteiger partial charge in [0.1, 0.15) is 5.78 Å². The first-order valence-corrected chi connectivity index (χ1v) is 4.64. The van der Waals surface area contributed by atoms with Crippen LogP contribution in [-0.2, 0) is 4.79 Å². The molecular formula is C10H20O. The summed E-state index contributed by atoms with van der Waals surface area (Å²) in [5, 5.41) is 0. The third kappa shape index (κ3) is 9.67. The van der Waals surface area contributed by atoms with Gasteiger partial charge in [0.15, 0.2) is 0 Å². The molecule has 0 heterocycles. The van der Waals surface area contributed by atoms with Crippen molar-refractivity contribution in [3.63, 3.8) is 0 Å². The minimum Gasteiger partial charge on any atom is -0.300 e. The highest BCUT2D eigenvalue weighted by Crippen LogP contribution is 2.12. The molecule has 1 fully saturated rings. The zero-order chi connectivity index (χ0) is 8.69. The summed E-state index contributed by atoms with van der Waals surface area (Å²) in [4.78, 5) is 10.5. The van der Waals surface area contributed by atoms with Gasteiger partial charge in [-0.2, -0.15) is 0 Å². The lowest BCUT2D eigenvalue weighted by atomic mass is 10.00.